The molecule has 0 unspecified atom stereocenters. The fourth-order valence-corrected chi connectivity index (χ4v) is 3.26. The van der Waals surface area contributed by atoms with Crippen LogP contribution in [0.3, 0.4) is 0 Å². The van der Waals surface area contributed by atoms with E-state index in [4.69, 9.17) is 0 Å². The maximum Gasteiger partial charge on any atom is 0.238 e. The summed E-state index contributed by atoms with van der Waals surface area (Å²) in [5.41, 5.74) is 3.78. The molecule has 6 heteroatoms. The quantitative estimate of drug-likeness (QED) is 0.795. The van der Waals surface area contributed by atoms with E-state index in [1.807, 2.05) is 12.4 Å². The molecule has 0 atom stereocenters. The summed E-state index contributed by atoms with van der Waals surface area (Å²) in [6.45, 7) is 8.49. The average molecular weight is 366 g/mol. The van der Waals surface area contributed by atoms with Crippen LogP contribution in [0, 0.1) is 6.92 Å². The molecule has 1 fully saturated rings. The molecule has 0 bridgehead atoms. The minimum atomic E-state index is -0.0260. The first kappa shape index (κ1) is 19.2. The van der Waals surface area contributed by atoms with Crippen LogP contribution in [0.1, 0.15) is 28.4 Å². The summed E-state index contributed by atoms with van der Waals surface area (Å²) in [6.07, 6.45) is 3.79. The third-order valence-corrected chi connectivity index (χ3v) is 4.75. The second-order valence-electron chi connectivity index (χ2n) is 7.10. The zero-order chi connectivity index (χ0) is 19.2. The smallest absolute Gasteiger partial charge is 0.238 e. The number of carbonyl (C=O) groups is 2. The van der Waals surface area contributed by atoms with Crippen molar-refractivity contribution in [2.75, 3.05) is 38.0 Å². The van der Waals surface area contributed by atoms with Gasteiger partial charge in [-0.3, -0.25) is 24.4 Å². The van der Waals surface area contributed by atoms with Gasteiger partial charge >= 0.3 is 0 Å². The monoisotopic (exact) mass is 366 g/mol. The number of rotatable bonds is 6. The van der Waals surface area contributed by atoms with Gasteiger partial charge in [-0.05, 0) is 49.2 Å². The van der Waals surface area contributed by atoms with Gasteiger partial charge in [-0.1, -0.05) is 6.07 Å². The summed E-state index contributed by atoms with van der Waals surface area (Å²) in [5, 5.41) is 2.90. The molecule has 0 saturated carbocycles. The Labute approximate surface area is 160 Å². The molecule has 0 aliphatic carbocycles. The summed E-state index contributed by atoms with van der Waals surface area (Å²) in [6, 6.07) is 9.17. The van der Waals surface area contributed by atoms with Gasteiger partial charge < -0.3 is 5.32 Å². The molecule has 3 rings (SSSR count). The first-order valence-corrected chi connectivity index (χ1v) is 9.26. The molecule has 1 aliphatic rings. The lowest BCUT2D eigenvalue weighted by molar-refractivity contribution is -0.117. The summed E-state index contributed by atoms with van der Waals surface area (Å²) in [5.74, 6) is -0.00546. The first-order valence-electron chi connectivity index (χ1n) is 9.26. The van der Waals surface area contributed by atoms with Gasteiger partial charge in [-0.15, -0.1) is 0 Å². The highest BCUT2D eigenvalue weighted by atomic mass is 16.2. The highest BCUT2D eigenvalue weighted by Crippen LogP contribution is 2.12. The number of hydrogen-bond donors (Lipinski definition) is 1. The van der Waals surface area contributed by atoms with E-state index < -0.39 is 0 Å². The van der Waals surface area contributed by atoms with E-state index in [1.54, 1.807) is 24.3 Å². The SMILES string of the molecule is CC(=O)c1ccc(NC(=O)CN2CCN(Cc3cncc(C)c3)CC2)cc1. The fraction of sp³-hybridized carbons (Fsp3) is 0.381. The minimum Gasteiger partial charge on any atom is -0.325 e. The van der Waals surface area contributed by atoms with Crippen molar-refractivity contribution >= 4 is 17.4 Å². The number of hydrogen-bond acceptors (Lipinski definition) is 5. The van der Waals surface area contributed by atoms with Crippen molar-refractivity contribution in [2.45, 2.75) is 20.4 Å². The van der Waals surface area contributed by atoms with E-state index in [0.29, 0.717) is 12.1 Å². The number of piperazine rings is 1. The number of nitrogens with zero attached hydrogens (tertiary/aromatic N) is 3. The van der Waals surface area contributed by atoms with Gasteiger partial charge in [0, 0.05) is 56.4 Å². The van der Waals surface area contributed by atoms with Crippen LogP contribution in [0.2, 0.25) is 0 Å². The number of anilines is 1. The van der Waals surface area contributed by atoms with Crippen LogP contribution in [-0.2, 0) is 11.3 Å². The number of benzene rings is 1. The van der Waals surface area contributed by atoms with Crippen LogP contribution >= 0.6 is 0 Å². The molecule has 2 heterocycles. The molecule has 1 aliphatic heterocycles. The van der Waals surface area contributed by atoms with Gasteiger partial charge in [0.2, 0.25) is 5.91 Å². The van der Waals surface area contributed by atoms with Gasteiger partial charge in [0.05, 0.1) is 6.54 Å². The number of ketones is 1. The van der Waals surface area contributed by atoms with Crippen LogP contribution in [-0.4, -0.2) is 59.2 Å². The maximum atomic E-state index is 12.3. The van der Waals surface area contributed by atoms with Crippen LogP contribution in [0.25, 0.3) is 0 Å². The maximum absolute atomic E-state index is 12.3. The lowest BCUT2D eigenvalue weighted by atomic mass is 10.1. The molecule has 1 aromatic carbocycles. The Hall–Kier alpha value is -2.57. The number of aryl methyl sites for hydroxylation is 1. The Bertz CT molecular complexity index is 796. The number of carbonyl (C=O) groups excluding carboxylic acids is 2. The molecule has 0 radical (unpaired) electrons. The molecule has 1 amide bonds. The Morgan fingerprint density at radius 3 is 2.33 bits per heavy atom. The predicted octanol–water partition coefficient (Wildman–Crippen LogP) is 2.35. The number of Topliss-reactive ketones (excluding diaryl/α,β-unsaturated/α-hetero) is 1. The highest BCUT2D eigenvalue weighted by molar-refractivity contribution is 5.96. The summed E-state index contributed by atoms with van der Waals surface area (Å²) < 4.78 is 0. The standard InChI is InChI=1S/C21H26N4O2/c1-16-11-18(13-22-12-16)14-24-7-9-25(10-8-24)15-21(27)23-20-5-3-19(4-6-20)17(2)26/h3-6,11-13H,7-10,14-15H2,1-2H3,(H,23,27). The van der Waals surface area contributed by atoms with E-state index in [2.05, 4.69) is 33.1 Å². The first-order chi connectivity index (χ1) is 13.0. The van der Waals surface area contributed by atoms with E-state index in [0.717, 1.165) is 38.4 Å². The topological polar surface area (TPSA) is 65.5 Å². The van der Waals surface area contributed by atoms with Crippen LogP contribution in [0.5, 0.6) is 0 Å². The Kier molecular flexibility index (Phi) is 6.32. The van der Waals surface area contributed by atoms with Crippen molar-refractivity contribution in [1.82, 2.24) is 14.8 Å². The van der Waals surface area contributed by atoms with Crippen LogP contribution in [0.15, 0.2) is 42.7 Å². The van der Waals surface area contributed by atoms with E-state index in [-0.39, 0.29) is 11.7 Å². The number of pyridine rings is 1. The van der Waals surface area contributed by atoms with E-state index >= 15 is 0 Å². The van der Waals surface area contributed by atoms with E-state index in [1.165, 1.54) is 18.1 Å². The molecule has 1 saturated heterocycles. The van der Waals surface area contributed by atoms with Crippen molar-refractivity contribution in [3.63, 3.8) is 0 Å². The highest BCUT2D eigenvalue weighted by Gasteiger charge is 2.19. The van der Waals surface area contributed by atoms with Gasteiger partial charge in [-0.2, -0.15) is 0 Å². The predicted molar refractivity (Wildman–Crippen MR) is 106 cm³/mol. The molecule has 142 valence electrons. The molecule has 2 aromatic rings. The van der Waals surface area contributed by atoms with Crippen molar-refractivity contribution in [2.24, 2.45) is 0 Å². The van der Waals surface area contributed by atoms with Gasteiger partial charge in [-0.25, -0.2) is 0 Å². The Morgan fingerprint density at radius 2 is 1.70 bits per heavy atom. The second kappa shape index (κ2) is 8.88. The van der Waals surface area contributed by atoms with Crippen molar-refractivity contribution in [3.05, 3.63) is 59.4 Å². The van der Waals surface area contributed by atoms with Gasteiger partial charge in [0.1, 0.15) is 0 Å². The fourth-order valence-electron chi connectivity index (χ4n) is 3.26. The van der Waals surface area contributed by atoms with E-state index in [9.17, 15) is 9.59 Å². The number of aromatic nitrogens is 1. The molecule has 1 N–H and O–H groups in total. The Morgan fingerprint density at radius 1 is 1.04 bits per heavy atom. The number of amides is 1. The minimum absolute atomic E-state index is 0.0205. The lowest BCUT2D eigenvalue weighted by Crippen LogP contribution is -2.48. The Balaban J connectivity index is 1.43. The third kappa shape index (κ3) is 5.70. The summed E-state index contributed by atoms with van der Waals surface area (Å²) >= 11 is 0. The zero-order valence-corrected chi connectivity index (χ0v) is 15.9. The molecule has 27 heavy (non-hydrogen) atoms. The molecular formula is C21H26N4O2. The second-order valence-corrected chi connectivity index (χ2v) is 7.10. The average Bonchev–Trinajstić information content (AvgIpc) is 2.64. The summed E-state index contributed by atoms with van der Waals surface area (Å²) in [7, 11) is 0. The van der Waals surface area contributed by atoms with Crippen molar-refractivity contribution < 1.29 is 9.59 Å². The third-order valence-electron chi connectivity index (χ3n) is 4.75. The summed E-state index contributed by atoms with van der Waals surface area (Å²) in [4.78, 5) is 32.4. The van der Waals surface area contributed by atoms with Crippen molar-refractivity contribution in [1.29, 1.82) is 0 Å². The zero-order valence-electron chi connectivity index (χ0n) is 15.9. The largest absolute Gasteiger partial charge is 0.325 e. The molecule has 6 nitrogen and oxygen atoms in total. The van der Waals surface area contributed by atoms with Gasteiger partial charge in [0.25, 0.3) is 0 Å². The molecule has 1 aromatic heterocycles. The molecular weight excluding hydrogens is 340 g/mol. The lowest BCUT2D eigenvalue weighted by Gasteiger charge is -2.34. The van der Waals surface area contributed by atoms with Crippen LogP contribution in [0.4, 0.5) is 5.69 Å². The number of nitrogens with one attached hydrogen (secondary N) is 1. The van der Waals surface area contributed by atoms with Crippen molar-refractivity contribution in [3.8, 4) is 0 Å². The van der Waals surface area contributed by atoms with Gasteiger partial charge in [0.15, 0.2) is 5.78 Å². The van der Waals surface area contributed by atoms with Crippen LogP contribution < -0.4 is 5.32 Å². The normalized spacial score (nSPS) is 15.5. The molecule has 0 spiro atoms.